The van der Waals surface area contributed by atoms with Gasteiger partial charge in [-0.05, 0) is 97.2 Å². The molecule has 0 aromatic heterocycles. The van der Waals surface area contributed by atoms with Gasteiger partial charge in [-0.3, -0.25) is 0 Å². The molecule has 4 aromatic carbocycles. The molecule has 0 spiro atoms. The van der Waals surface area contributed by atoms with Gasteiger partial charge in [-0.2, -0.15) is 0 Å². The minimum atomic E-state index is -0.358. The Hall–Kier alpha value is -4.18. The Morgan fingerprint density at radius 3 is 1.26 bits per heavy atom. The van der Waals surface area contributed by atoms with E-state index in [9.17, 15) is 9.59 Å². The lowest BCUT2D eigenvalue weighted by Crippen LogP contribution is -2.13. The van der Waals surface area contributed by atoms with Crippen LogP contribution in [0.25, 0.3) is 0 Å². The van der Waals surface area contributed by atoms with Crippen LogP contribution in [0.2, 0.25) is 0 Å². The van der Waals surface area contributed by atoms with Crippen molar-refractivity contribution in [3.63, 3.8) is 0 Å². The highest BCUT2D eigenvalue weighted by Crippen LogP contribution is 2.40. The molecule has 0 radical (unpaired) electrons. The molecule has 0 aliphatic rings. The maximum atomic E-state index is 12.5. The summed E-state index contributed by atoms with van der Waals surface area (Å²) in [6.45, 7) is 8.36. The second-order valence-electron chi connectivity index (χ2n) is 9.59. The Morgan fingerprint density at radius 1 is 0.579 bits per heavy atom. The summed E-state index contributed by atoms with van der Waals surface area (Å²) in [5, 5.41) is 0. The van der Waals surface area contributed by atoms with Crippen molar-refractivity contribution in [2.45, 2.75) is 52.4 Å². The van der Waals surface area contributed by atoms with E-state index in [2.05, 4.69) is 38.1 Å². The topological polar surface area (TPSA) is 52.6 Å². The number of carbonyl (C=O) groups is 2. The molecule has 38 heavy (non-hydrogen) atoms. The average Bonchev–Trinajstić information content (AvgIpc) is 2.94. The summed E-state index contributed by atoms with van der Waals surface area (Å²) in [6, 6.07) is 30.3. The maximum absolute atomic E-state index is 12.5. The SMILES string of the molecule is CCC(c1ccc(OC(=O)c2ccccc2)c(C)c1)C(CC)c1ccc(OC(=O)c2ccccc2)c(C)c1. The van der Waals surface area contributed by atoms with E-state index >= 15 is 0 Å². The van der Waals surface area contributed by atoms with Crippen LogP contribution in [0.1, 0.15) is 81.5 Å². The molecule has 0 bridgehead atoms. The van der Waals surface area contributed by atoms with Gasteiger partial charge >= 0.3 is 11.9 Å². The number of carbonyl (C=O) groups excluding carboxylic acids is 2. The Morgan fingerprint density at radius 2 is 0.947 bits per heavy atom. The molecule has 0 amide bonds. The summed E-state index contributed by atoms with van der Waals surface area (Å²) in [4.78, 5) is 25.1. The molecular weight excluding hydrogens is 472 g/mol. The highest BCUT2D eigenvalue weighted by Gasteiger charge is 2.24. The highest BCUT2D eigenvalue weighted by molar-refractivity contribution is 5.91. The predicted molar refractivity (Wildman–Crippen MR) is 151 cm³/mol. The number of rotatable bonds is 9. The van der Waals surface area contributed by atoms with Crippen LogP contribution >= 0.6 is 0 Å². The number of aryl methyl sites for hydroxylation is 2. The lowest BCUT2D eigenvalue weighted by Gasteiger charge is -2.27. The van der Waals surface area contributed by atoms with Crippen LogP contribution in [-0.4, -0.2) is 11.9 Å². The first-order valence-electron chi connectivity index (χ1n) is 13.2. The fourth-order valence-electron chi connectivity index (χ4n) is 5.01. The molecule has 0 heterocycles. The lowest BCUT2D eigenvalue weighted by molar-refractivity contribution is 0.0724. The van der Waals surface area contributed by atoms with E-state index in [1.165, 1.54) is 11.1 Å². The molecule has 0 aliphatic carbocycles. The maximum Gasteiger partial charge on any atom is 0.343 e. The summed E-state index contributed by atoms with van der Waals surface area (Å²) in [7, 11) is 0. The number of hydrogen-bond donors (Lipinski definition) is 0. The van der Waals surface area contributed by atoms with Crippen molar-refractivity contribution in [1.82, 2.24) is 0 Å². The second kappa shape index (κ2) is 12.4. The van der Waals surface area contributed by atoms with E-state index in [0.717, 1.165) is 24.0 Å². The van der Waals surface area contributed by atoms with E-state index < -0.39 is 0 Å². The standard InChI is InChI=1S/C34H34O4/c1-5-29(27-17-19-31(23(3)21-27)37-33(35)25-13-9-7-10-14-25)30(6-2)28-18-20-32(24(4)22-28)38-34(36)26-15-11-8-12-16-26/h7-22,29-30H,5-6H2,1-4H3. The fourth-order valence-corrected chi connectivity index (χ4v) is 5.01. The van der Waals surface area contributed by atoms with E-state index in [1.807, 2.05) is 62.4 Å². The Bertz CT molecular complexity index is 1280. The summed E-state index contributed by atoms with van der Waals surface area (Å²) in [6.07, 6.45) is 1.93. The molecule has 4 nitrogen and oxygen atoms in total. The number of esters is 2. The Labute approximate surface area is 225 Å². The van der Waals surface area contributed by atoms with Gasteiger partial charge in [0.2, 0.25) is 0 Å². The molecule has 2 unspecified atom stereocenters. The third-order valence-corrected chi connectivity index (χ3v) is 7.04. The molecule has 0 N–H and O–H groups in total. The van der Waals surface area contributed by atoms with Crippen LogP contribution in [0.15, 0.2) is 97.1 Å². The van der Waals surface area contributed by atoms with Crippen molar-refractivity contribution in [3.05, 3.63) is 130 Å². The van der Waals surface area contributed by atoms with Gasteiger partial charge in [-0.1, -0.05) is 74.5 Å². The molecule has 4 aromatic rings. The van der Waals surface area contributed by atoms with Crippen molar-refractivity contribution in [2.75, 3.05) is 0 Å². The van der Waals surface area contributed by atoms with Crippen molar-refractivity contribution in [2.24, 2.45) is 0 Å². The highest BCUT2D eigenvalue weighted by atomic mass is 16.5. The third kappa shape index (κ3) is 6.20. The third-order valence-electron chi connectivity index (χ3n) is 7.04. The molecular formula is C34H34O4. The second-order valence-corrected chi connectivity index (χ2v) is 9.59. The van der Waals surface area contributed by atoms with Crippen molar-refractivity contribution in [1.29, 1.82) is 0 Å². The van der Waals surface area contributed by atoms with E-state index in [1.54, 1.807) is 24.3 Å². The molecule has 0 saturated heterocycles. The van der Waals surface area contributed by atoms with Gasteiger partial charge in [0.05, 0.1) is 11.1 Å². The van der Waals surface area contributed by atoms with Gasteiger partial charge in [0.15, 0.2) is 0 Å². The van der Waals surface area contributed by atoms with Crippen molar-refractivity contribution in [3.8, 4) is 11.5 Å². The number of hydrogen-bond acceptors (Lipinski definition) is 4. The quantitative estimate of drug-likeness (QED) is 0.169. The average molecular weight is 507 g/mol. The molecule has 0 aliphatic heterocycles. The fraction of sp³-hybridized carbons (Fsp3) is 0.235. The van der Waals surface area contributed by atoms with Crippen LogP contribution < -0.4 is 9.47 Å². The van der Waals surface area contributed by atoms with Crippen LogP contribution in [0.4, 0.5) is 0 Å². The zero-order valence-corrected chi connectivity index (χ0v) is 22.4. The van der Waals surface area contributed by atoms with Crippen LogP contribution in [0, 0.1) is 13.8 Å². The lowest BCUT2D eigenvalue weighted by atomic mass is 9.77. The zero-order valence-electron chi connectivity index (χ0n) is 22.4. The predicted octanol–water partition coefficient (Wildman–Crippen LogP) is 8.43. The summed E-state index contributed by atoms with van der Waals surface area (Å²) >= 11 is 0. The van der Waals surface area contributed by atoms with Crippen LogP contribution in [0.3, 0.4) is 0 Å². The number of ether oxygens (including phenoxy) is 2. The monoisotopic (exact) mass is 506 g/mol. The molecule has 2 atom stereocenters. The van der Waals surface area contributed by atoms with Gasteiger partial charge in [0, 0.05) is 0 Å². The first-order chi connectivity index (χ1) is 18.4. The summed E-state index contributed by atoms with van der Waals surface area (Å²) in [5.41, 5.74) is 5.35. The minimum absolute atomic E-state index is 0.287. The molecule has 4 rings (SSSR count). The van der Waals surface area contributed by atoms with E-state index in [4.69, 9.17) is 9.47 Å². The van der Waals surface area contributed by atoms with Gasteiger partial charge in [0.25, 0.3) is 0 Å². The smallest absolute Gasteiger partial charge is 0.343 e. The van der Waals surface area contributed by atoms with Crippen LogP contribution in [0.5, 0.6) is 11.5 Å². The first-order valence-corrected chi connectivity index (χ1v) is 13.2. The van der Waals surface area contributed by atoms with E-state index in [-0.39, 0.29) is 23.8 Å². The molecule has 0 saturated carbocycles. The summed E-state index contributed by atoms with van der Waals surface area (Å²) in [5.74, 6) is 1.01. The molecule has 0 fully saturated rings. The molecule has 4 heteroatoms. The van der Waals surface area contributed by atoms with Crippen LogP contribution in [-0.2, 0) is 0 Å². The van der Waals surface area contributed by atoms with Gasteiger partial charge < -0.3 is 9.47 Å². The number of benzene rings is 4. The minimum Gasteiger partial charge on any atom is -0.423 e. The van der Waals surface area contributed by atoms with Gasteiger partial charge in [-0.25, -0.2) is 9.59 Å². The Kier molecular flexibility index (Phi) is 8.75. The first kappa shape index (κ1) is 26.9. The Balaban J connectivity index is 1.52. The normalized spacial score (nSPS) is 12.4. The van der Waals surface area contributed by atoms with Gasteiger partial charge in [-0.15, -0.1) is 0 Å². The van der Waals surface area contributed by atoms with Crippen molar-refractivity contribution >= 4 is 11.9 Å². The summed E-state index contributed by atoms with van der Waals surface area (Å²) < 4.78 is 11.4. The van der Waals surface area contributed by atoms with E-state index in [0.29, 0.717) is 22.6 Å². The largest absolute Gasteiger partial charge is 0.423 e. The molecule has 194 valence electrons. The van der Waals surface area contributed by atoms with Crippen molar-refractivity contribution < 1.29 is 19.1 Å². The van der Waals surface area contributed by atoms with Gasteiger partial charge in [0.1, 0.15) is 11.5 Å². The zero-order chi connectivity index (χ0) is 27.1.